The molecule has 0 aromatic heterocycles. The lowest BCUT2D eigenvalue weighted by atomic mass is 9.86. The maximum absolute atomic E-state index is 10.2. The zero-order valence-electron chi connectivity index (χ0n) is 15.8. The lowest BCUT2D eigenvalue weighted by Gasteiger charge is -2.23. The highest BCUT2D eigenvalue weighted by atomic mass is 16.3. The number of allylic oxidation sites excluding steroid dienone is 5. The third kappa shape index (κ3) is 9.73. The molecule has 3 N–H and O–H groups in total. The monoisotopic (exact) mass is 348 g/mol. The molecule has 4 nitrogen and oxygen atoms in total. The molecule has 0 fully saturated rings. The summed E-state index contributed by atoms with van der Waals surface area (Å²) in [6.45, 7) is 8.61. The molecule has 0 aromatic rings. The molecule has 0 aromatic carbocycles. The lowest BCUT2D eigenvalue weighted by molar-refractivity contribution is -0.107. The number of rotatable bonds is 12. The molecule has 0 amide bonds. The van der Waals surface area contributed by atoms with E-state index in [1.165, 1.54) is 31.3 Å². The first kappa shape index (κ1) is 21.8. The van der Waals surface area contributed by atoms with E-state index in [4.69, 9.17) is 0 Å². The summed E-state index contributed by atoms with van der Waals surface area (Å²) in [5.74, 6) is 0.672. The van der Waals surface area contributed by atoms with Crippen LogP contribution in [-0.4, -0.2) is 43.7 Å². The van der Waals surface area contributed by atoms with Crippen LogP contribution < -0.4 is 10.6 Å². The first-order chi connectivity index (χ1) is 12.2. The van der Waals surface area contributed by atoms with Crippen molar-refractivity contribution in [2.24, 2.45) is 5.92 Å². The van der Waals surface area contributed by atoms with E-state index in [1.54, 1.807) is 5.57 Å². The first-order valence-electron chi connectivity index (χ1n) is 9.68. The van der Waals surface area contributed by atoms with Crippen molar-refractivity contribution < 1.29 is 9.90 Å². The molecule has 2 atom stereocenters. The van der Waals surface area contributed by atoms with Crippen LogP contribution in [0.3, 0.4) is 0 Å². The van der Waals surface area contributed by atoms with Gasteiger partial charge < -0.3 is 20.5 Å². The minimum atomic E-state index is -0.356. The molecular formula is C21H36N2O2. The molecule has 0 saturated carbocycles. The summed E-state index contributed by atoms with van der Waals surface area (Å²) >= 11 is 0. The van der Waals surface area contributed by atoms with Gasteiger partial charge in [0.05, 0.1) is 12.6 Å². The Kier molecular flexibility index (Phi) is 12.2. The van der Waals surface area contributed by atoms with Gasteiger partial charge in [-0.15, -0.1) is 6.58 Å². The Hall–Kier alpha value is -1.23. The number of aliphatic hydroxyl groups is 1. The Morgan fingerprint density at radius 2 is 2.16 bits per heavy atom. The number of carbonyl (C=O) groups is 1. The van der Waals surface area contributed by atoms with E-state index in [-0.39, 0.29) is 6.10 Å². The minimum absolute atomic E-state index is 0.356. The van der Waals surface area contributed by atoms with Crippen molar-refractivity contribution in [3.63, 3.8) is 0 Å². The van der Waals surface area contributed by atoms with Gasteiger partial charge >= 0.3 is 0 Å². The highest BCUT2D eigenvalue weighted by molar-refractivity contribution is 5.51. The van der Waals surface area contributed by atoms with Gasteiger partial charge in [-0.1, -0.05) is 23.8 Å². The van der Waals surface area contributed by atoms with Gasteiger partial charge in [0.2, 0.25) is 0 Å². The zero-order chi connectivity index (χ0) is 18.3. The molecule has 1 aliphatic rings. The Bertz CT molecular complexity index is 443. The van der Waals surface area contributed by atoms with E-state index in [2.05, 4.69) is 36.3 Å². The van der Waals surface area contributed by atoms with Gasteiger partial charge in [-0.3, -0.25) is 0 Å². The van der Waals surface area contributed by atoms with E-state index in [0.717, 1.165) is 25.7 Å². The molecule has 2 unspecified atom stereocenters. The molecule has 0 heterocycles. The number of hydrogen-bond donors (Lipinski definition) is 3. The molecular weight excluding hydrogens is 312 g/mol. The number of carbonyl (C=O) groups excluding carboxylic acids is 1. The third-order valence-corrected chi connectivity index (χ3v) is 4.82. The van der Waals surface area contributed by atoms with Crippen molar-refractivity contribution in [3.05, 3.63) is 36.0 Å². The number of aliphatic hydroxyl groups excluding tert-OH is 1. The summed E-state index contributed by atoms with van der Waals surface area (Å²) in [5, 5.41) is 16.4. The van der Waals surface area contributed by atoms with Crippen LogP contribution in [0.1, 0.15) is 51.9 Å². The van der Waals surface area contributed by atoms with Crippen molar-refractivity contribution in [3.8, 4) is 0 Å². The highest BCUT2D eigenvalue weighted by Crippen LogP contribution is 2.29. The molecule has 4 heteroatoms. The van der Waals surface area contributed by atoms with Gasteiger partial charge in [-0.25, -0.2) is 0 Å². The van der Waals surface area contributed by atoms with Crippen molar-refractivity contribution >= 4 is 6.29 Å². The van der Waals surface area contributed by atoms with Gasteiger partial charge in [0, 0.05) is 6.54 Å². The second-order valence-electron chi connectivity index (χ2n) is 6.89. The summed E-state index contributed by atoms with van der Waals surface area (Å²) in [6.07, 6.45) is 14.6. The topological polar surface area (TPSA) is 61.4 Å². The van der Waals surface area contributed by atoms with Crippen LogP contribution in [-0.2, 0) is 4.79 Å². The van der Waals surface area contributed by atoms with Gasteiger partial charge in [0.1, 0.15) is 6.29 Å². The Balaban J connectivity index is 2.34. The number of aldehydes is 1. The molecule has 0 aliphatic heterocycles. The van der Waals surface area contributed by atoms with Crippen LogP contribution in [0.4, 0.5) is 0 Å². The molecule has 25 heavy (non-hydrogen) atoms. The summed E-state index contributed by atoms with van der Waals surface area (Å²) in [4.78, 5) is 10.2. The Morgan fingerprint density at radius 3 is 2.88 bits per heavy atom. The molecule has 1 aliphatic carbocycles. The quantitative estimate of drug-likeness (QED) is 0.288. The predicted molar refractivity (Wildman–Crippen MR) is 106 cm³/mol. The van der Waals surface area contributed by atoms with E-state index in [1.807, 2.05) is 6.08 Å². The Morgan fingerprint density at radius 1 is 1.32 bits per heavy atom. The SMILES string of the molecule is C=CC/C1=C(\C=C/C)CCC(CNCC(O)CCNCC=O)CCC1. The second-order valence-corrected chi connectivity index (χ2v) is 6.89. The average Bonchev–Trinajstić information content (AvgIpc) is 2.59. The summed E-state index contributed by atoms with van der Waals surface area (Å²) in [5.41, 5.74) is 3.05. The Labute approximate surface area is 153 Å². The maximum Gasteiger partial charge on any atom is 0.133 e. The van der Waals surface area contributed by atoms with Crippen molar-refractivity contribution in [2.45, 2.75) is 58.0 Å². The average molecular weight is 349 g/mol. The van der Waals surface area contributed by atoms with Crippen LogP contribution in [0.15, 0.2) is 36.0 Å². The van der Waals surface area contributed by atoms with Crippen molar-refractivity contribution in [1.82, 2.24) is 10.6 Å². The van der Waals surface area contributed by atoms with Gasteiger partial charge in [0.25, 0.3) is 0 Å². The predicted octanol–water partition coefficient (Wildman–Crippen LogP) is 3.14. The normalized spacial score (nSPS) is 23.2. The summed E-state index contributed by atoms with van der Waals surface area (Å²) in [6, 6.07) is 0. The lowest BCUT2D eigenvalue weighted by Crippen LogP contribution is -2.33. The van der Waals surface area contributed by atoms with E-state index >= 15 is 0 Å². The molecule has 142 valence electrons. The summed E-state index contributed by atoms with van der Waals surface area (Å²) < 4.78 is 0. The molecule has 0 saturated heterocycles. The first-order valence-corrected chi connectivity index (χ1v) is 9.68. The van der Waals surface area contributed by atoms with E-state index < -0.39 is 0 Å². The highest BCUT2D eigenvalue weighted by Gasteiger charge is 2.15. The van der Waals surface area contributed by atoms with Crippen molar-refractivity contribution in [2.75, 3.05) is 26.2 Å². The largest absolute Gasteiger partial charge is 0.392 e. The smallest absolute Gasteiger partial charge is 0.133 e. The zero-order valence-corrected chi connectivity index (χ0v) is 15.8. The molecule has 1 rings (SSSR count). The van der Waals surface area contributed by atoms with Crippen LogP contribution in [0.5, 0.6) is 0 Å². The maximum atomic E-state index is 10.2. The standard InChI is InChI=1S/C21H36N2O2/c1-3-6-19-9-5-8-18(10-11-20(19)7-4-2)16-23-17-21(25)12-13-22-14-15-24/h3-4,7,15,18,21-23,25H,1,5-6,8-14,16-17H2,2H3/b7-4-,20-19-. The number of hydrogen-bond acceptors (Lipinski definition) is 4. The minimum Gasteiger partial charge on any atom is -0.392 e. The fraction of sp³-hybridized carbons (Fsp3) is 0.667. The van der Waals surface area contributed by atoms with Crippen LogP contribution >= 0.6 is 0 Å². The number of nitrogens with one attached hydrogen (secondary N) is 2. The third-order valence-electron chi connectivity index (χ3n) is 4.82. The van der Waals surface area contributed by atoms with Crippen LogP contribution in [0.25, 0.3) is 0 Å². The van der Waals surface area contributed by atoms with E-state index in [9.17, 15) is 9.90 Å². The molecule has 0 bridgehead atoms. The summed E-state index contributed by atoms with van der Waals surface area (Å²) in [7, 11) is 0. The van der Waals surface area contributed by atoms with Gasteiger partial charge in [-0.05, 0) is 76.5 Å². The van der Waals surface area contributed by atoms with Crippen molar-refractivity contribution in [1.29, 1.82) is 0 Å². The molecule has 0 radical (unpaired) electrons. The van der Waals surface area contributed by atoms with Gasteiger partial charge in [-0.2, -0.15) is 0 Å². The fourth-order valence-corrected chi connectivity index (χ4v) is 3.45. The molecule has 0 spiro atoms. The fourth-order valence-electron chi connectivity index (χ4n) is 3.45. The van der Waals surface area contributed by atoms with E-state index in [0.29, 0.717) is 32.0 Å². The van der Waals surface area contributed by atoms with Crippen LogP contribution in [0, 0.1) is 5.92 Å². The second kappa shape index (κ2) is 14.0. The van der Waals surface area contributed by atoms with Crippen LogP contribution in [0.2, 0.25) is 0 Å². The van der Waals surface area contributed by atoms with Gasteiger partial charge in [0.15, 0.2) is 0 Å².